The Morgan fingerprint density at radius 2 is 1.59 bits per heavy atom. The molecule has 1 aliphatic heterocycles. The Morgan fingerprint density at radius 1 is 0.913 bits per heavy atom. The number of benzene rings is 3. The second kappa shape index (κ2) is 13.1. The van der Waals surface area contributed by atoms with Gasteiger partial charge in [0.1, 0.15) is 5.82 Å². The first-order valence-corrected chi connectivity index (χ1v) is 17.2. The average Bonchev–Trinajstić information content (AvgIpc) is 3.51. The van der Waals surface area contributed by atoms with Crippen LogP contribution in [0.3, 0.4) is 0 Å². The predicted octanol–water partition coefficient (Wildman–Crippen LogP) is 7.40. The molecule has 12 heteroatoms. The normalized spacial score (nSPS) is 19.2. The summed E-state index contributed by atoms with van der Waals surface area (Å²) in [6, 6.07) is 13.4. The van der Waals surface area contributed by atoms with E-state index < -0.39 is 51.4 Å². The van der Waals surface area contributed by atoms with E-state index in [1.165, 1.54) is 40.4 Å². The number of likely N-dealkylation sites (tertiary alicyclic amines) is 1. The number of nitrogens with one attached hydrogen (secondary N) is 1. The van der Waals surface area contributed by atoms with E-state index in [1.54, 1.807) is 37.3 Å². The number of halogens is 4. The van der Waals surface area contributed by atoms with Crippen molar-refractivity contribution in [2.24, 2.45) is 5.92 Å². The molecule has 1 heterocycles. The van der Waals surface area contributed by atoms with Gasteiger partial charge in [0, 0.05) is 18.3 Å². The molecule has 1 N–H and O–H groups in total. The van der Waals surface area contributed by atoms with E-state index >= 15 is 4.39 Å². The monoisotopic (exact) mass is 659 g/mol. The standard InChI is InChI=1S/C34H37F4N3O4S/c1-21-13-16-24(20-28(21)34(36,37)38)39-32(42)27-11-7-19-40(33(43)30-22(2)8-6-12-29(30)35)31(27)23-14-17-26(18-15-23)41(46(3,44)45)25-9-4-5-10-25/h6,8,12-18,20,25,27,31H,4-5,7,9-11,19H2,1-3H3,(H,39,42). The van der Waals surface area contributed by atoms with E-state index in [9.17, 15) is 31.2 Å². The van der Waals surface area contributed by atoms with Crippen molar-refractivity contribution in [2.75, 3.05) is 22.4 Å². The minimum Gasteiger partial charge on any atom is -0.331 e. The molecule has 2 unspecified atom stereocenters. The summed E-state index contributed by atoms with van der Waals surface area (Å²) in [6.45, 7) is 3.16. The van der Waals surface area contributed by atoms with Crippen molar-refractivity contribution in [3.63, 3.8) is 0 Å². The minimum absolute atomic E-state index is 0.0129. The molecule has 0 radical (unpaired) electrons. The lowest BCUT2D eigenvalue weighted by atomic mass is 9.83. The van der Waals surface area contributed by atoms with E-state index in [0.29, 0.717) is 29.7 Å². The Kier molecular flexibility index (Phi) is 9.49. The number of anilines is 2. The second-order valence-electron chi connectivity index (χ2n) is 12.2. The molecule has 1 saturated heterocycles. The average molecular weight is 660 g/mol. The zero-order chi connectivity index (χ0) is 33.4. The zero-order valence-electron chi connectivity index (χ0n) is 25.9. The van der Waals surface area contributed by atoms with Gasteiger partial charge in [-0.2, -0.15) is 13.2 Å². The van der Waals surface area contributed by atoms with Crippen LogP contribution in [0.2, 0.25) is 0 Å². The van der Waals surface area contributed by atoms with Crippen LogP contribution in [0.5, 0.6) is 0 Å². The minimum atomic E-state index is -4.61. The van der Waals surface area contributed by atoms with Gasteiger partial charge >= 0.3 is 6.18 Å². The van der Waals surface area contributed by atoms with E-state index in [1.807, 2.05) is 0 Å². The summed E-state index contributed by atoms with van der Waals surface area (Å²) < 4.78 is 82.8. The molecular weight excluding hydrogens is 622 g/mol. The lowest BCUT2D eigenvalue weighted by Crippen LogP contribution is -2.46. The molecule has 2 atom stereocenters. The van der Waals surface area contributed by atoms with Crippen LogP contribution in [0.1, 0.15) is 77.2 Å². The molecule has 3 aromatic carbocycles. The van der Waals surface area contributed by atoms with Crippen molar-refractivity contribution in [1.29, 1.82) is 0 Å². The van der Waals surface area contributed by atoms with Gasteiger partial charge in [0.25, 0.3) is 5.91 Å². The molecule has 2 aliphatic rings. The number of sulfonamides is 1. The van der Waals surface area contributed by atoms with Gasteiger partial charge in [-0.15, -0.1) is 0 Å². The lowest BCUT2D eigenvalue weighted by Gasteiger charge is -2.41. The van der Waals surface area contributed by atoms with Crippen LogP contribution >= 0.6 is 0 Å². The van der Waals surface area contributed by atoms with Crippen molar-refractivity contribution < 1.29 is 35.6 Å². The first-order valence-electron chi connectivity index (χ1n) is 15.3. The van der Waals surface area contributed by atoms with Crippen LogP contribution in [-0.4, -0.2) is 44.0 Å². The van der Waals surface area contributed by atoms with Crippen LogP contribution in [-0.2, 0) is 21.0 Å². The first-order chi connectivity index (χ1) is 21.7. The van der Waals surface area contributed by atoms with E-state index in [2.05, 4.69) is 5.32 Å². The van der Waals surface area contributed by atoms with E-state index in [0.717, 1.165) is 38.0 Å². The molecule has 5 rings (SSSR count). The second-order valence-corrected chi connectivity index (χ2v) is 14.1. The van der Waals surface area contributed by atoms with Gasteiger partial charge in [0.2, 0.25) is 15.9 Å². The Labute approximate surface area is 266 Å². The highest BCUT2D eigenvalue weighted by Gasteiger charge is 2.41. The molecular formula is C34H37F4N3O4S. The number of alkyl halides is 3. The number of hydrogen-bond donors (Lipinski definition) is 1. The molecule has 246 valence electrons. The maximum Gasteiger partial charge on any atom is 0.416 e. The first kappa shape index (κ1) is 33.4. The van der Waals surface area contributed by atoms with Gasteiger partial charge in [-0.05, 0) is 86.6 Å². The Balaban J connectivity index is 1.54. The number of carbonyl (C=O) groups excluding carboxylic acids is 2. The SMILES string of the molecule is Cc1ccc(NC(=O)C2CCCN(C(=O)c3c(C)cccc3F)C2c2ccc(N(C3CCCC3)S(C)(=O)=O)cc2)cc1C(F)(F)F. The largest absolute Gasteiger partial charge is 0.416 e. The van der Waals surface area contributed by atoms with Gasteiger partial charge in [-0.1, -0.05) is 43.2 Å². The van der Waals surface area contributed by atoms with Gasteiger partial charge in [-0.3, -0.25) is 13.9 Å². The number of rotatable bonds is 7. The van der Waals surface area contributed by atoms with Gasteiger partial charge < -0.3 is 10.2 Å². The third-order valence-electron chi connectivity index (χ3n) is 8.98. The van der Waals surface area contributed by atoms with Crippen LogP contribution < -0.4 is 9.62 Å². The summed E-state index contributed by atoms with van der Waals surface area (Å²) in [6.07, 6.45) is 0.576. The molecule has 46 heavy (non-hydrogen) atoms. The highest BCUT2D eigenvalue weighted by molar-refractivity contribution is 7.92. The van der Waals surface area contributed by atoms with Crippen molar-refractivity contribution in [3.8, 4) is 0 Å². The number of nitrogens with zero attached hydrogens (tertiary/aromatic N) is 2. The predicted molar refractivity (Wildman–Crippen MR) is 168 cm³/mol. The Bertz CT molecular complexity index is 1700. The molecule has 2 amide bonds. The smallest absolute Gasteiger partial charge is 0.331 e. The summed E-state index contributed by atoms with van der Waals surface area (Å²) >= 11 is 0. The number of piperidine rings is 1. The molecule has 7 nitrogen and oxygen atoms in total. The summed E-state index contributed by atoms with van der Waals surface area (Å²) in [4.78, 5) is 29.2. The molecule has 0 spiro atoms. The van der Waals surface area contributed by atoms with Crippen molar-refractivity contribution >= 4 is 33.2 Å². The van der Waals surface area contributed by atoms with Crippen LogP contribution in [0.15, 0.2) is 60.7 Å². The fraction of sp³-hybridized carbons (Fsp3) is 0.412. The van der Waals surface area contributed by atoms with Crippen LogP contribution in [0.4, 0.5) is 28.9 Å². The number of hydrogen-bond acceptors (Lipinski definition) is 4. The van der Waals surface area contributed by atoms with Crippen molar-refractivity contribution in [2.45, 2.75) is 70.6 Å². The molecule has 2 fully saturated rings. The molecule has 3 aromatic rings. The molecule has 0 aromatic heterocycles. The summed E-state index contributed by atoms with van der Waals surface area (Å²) in [5, 5.41) is 2.62. The summed E-state index contributed by atoms with van der Waals surface area (Å²) in [7, 11) is -3.60. The number of amides is 2. The number of carbonyl (C=O) groups is 2. The maximum absolute atomic E-state index is 15.0. The van der Waals surface area contributed by atoms with Crippen LogP contribution in [0, 0.1) is 25.6 Å². The fourth-order valence-corrected chi connectivity index (χ4v) is 8.08. The highest BCUT2D eigenvalue weighted by Crippen LogP contribution is 2.40. The Morgan fingerprint density at radius 3 is 2.20 bits per heavy atom. The summed E-state index contributed by atoms with van der Waals surface area (Å²) in [5.41, 5.74) is 0.381. The zero-order valence-corrected chi connectivity index (χ0v) is 26.7. The number of aryl methyl sites for hydroxylation is 2. The summed E-state index contributed by atoms with van der Waals surface area (Å²) in [5.74, 6) is -2.80. The van der Waals surface area contributed by atoms with Gasteiger partial charge in [-0.25, -0.2) is 12.8 Å². The van der Waals surface area contributed by atoms with E-state index in [4.69, 9.17) is 0 Å². The fourth-order valence-electron chi connectivity index (χ4n) is 6.83. The van der Waals surface area contributed by atoms with Crippen molar-refractivity contribution in [3.05, 3.63) is 94.3 Å². The maximum atomic E-state index is 15.0. The Hall–Kier alpha value is -3.93. The quantitative estimate of drug-likeness (QED) is 0.268. The third-order valence-corrected chi connectivity index (χ3v) is 10.2. The van der Waals surface area contributed by atoms with Crippen molar-refractivity contribution in [1.82, 2.24) is 4.90 Å². The van der Waals surface area contributed by atoms with Gasteiger partial charge in [0.15, 0.2) is 0 Å². The topological polar surface area (TPSA) is 86.8 Å². The third kappa shape index (κ3) is 6.91. The van der Waals surface area contributed by atoms with Gasteiger partial charge in [0.05, 0.1) is 35.0 Å². The van der Waals surface area contributed by atoms with Crippen LogP contribution in [0.25, 0.3) is 0 Å². The molecule has 1 saturated carbocycles. The lowest BCUT2D eigenvalue weighted by molar-refractivity contribution is -0.138. The highest BCUT2D eigenvalue weighted by atomic mass is 32.2. The molecule has 0 bridgehead atoms. The molecule has 1 aliphatic carbocycles. The van der Waals surface area contributed by atoms with E-state index in [-0.39, 0.29) is 29.4 Å².